The summed E-state index contributed by atoms with van der Waals surface area (Å²) in [5.74, 6) is -2.17. The monoisotopic (exact) mass is 1020 g/mol. The van der Waals surface area contributed by atoms with Gasteiger partial charge < -0.3 is 28.5 Å². The fourth-order valence-electron chi connectivity index (χ4n) is 8.12. The number of carbonyl (C=O) groups excluding carboxylic acids is 2. The van der Waals surface area contributed by atoms with Gasteiger partial charge in [0.1, 0.15) is 13.2 Å². The summed E-state index contributed by atoms with van der Waals surface area (Å²) in [5, 5.41) is 9.68. The lowest BCUT2D eigenvalue weighted by Crippen LogP contribution is -2.40. The Morgan fingerprint density at radius 3 is 1.23 bits per heavy atom. The fourth-order valence-corrected chi connectivity index (χ4v) is 8.12. The van der Waals surface area contributed by atoms with E-state index < -0.39 is 24.3 Å². The van der Waals surface area contributed by atoms with Crippen molar-refractivity contribution in [1.29, 1.82) is 0 Å². The number of carbonyl (C=O) groups is 3. The molecule has 0 saturated carbocycles. The summed E-state index contributed by atoms with van der Waals surface area (Å²) in [7, 11) is 5.93. The molecule has 2 atom stereocenters. The topological polar surface area (TPSA) is 108 Å². The fraction of sp³-hybridized carbons (Fsp3) is 0.734. The third kappa shape index (κ3) is 56.0. The van der Waals surface area contributed by atoms with Gasteiger partial charge in [-0.3, -0.25) is 9.59 Å². The summed E-state index contributed by atoms with van der Waals surface area (Å²) in [4.78, 5) is 37.3. The van der Waals surface area contributed by atoms with Crippen LogP contribution in [0.3, 0.4) is 0 Å². The number of aliphatic carboxylic acids is 1. The van der Waals surface area contributed by atoms with Crippen molar-refractivity contribution in [3.63, 3.8) is 0 Å². The molecular formula is C64H112NO8+. The van der Waals surface area contributed by atoms with E-state index in [1.807, 2.05) is 33.3 Å². The van der Waals surface area contributed by atoms with Crippen molar-refractivity contribution in [1.82, 2.24) is 0 Å². The molecule has 0 heterocycles. The summed E-state index contributed by atoms with van der Waals surface area (Å²) >= 11 is 0. The maximum atomic E-state index is 12.8. The normalized spacial score (nSPS) is 13.4. The van der Waals surface area contributed by atoms with Crippen molar-refractivity contribution >= 4 is 17.9 Å². The molecule has 0 fully saturated rings. The number of allylic oxidation sites excluding steroid dienone is 13. The van der Waals surface area contributed by atoms with Crippen LogP contribution in [0.2, 0.25) is 0 Å². The summed E-state index contributed by atoms with van der Waals surface area (Å²) in [6, 6.07) is 0. The third-order valence-corrected chi connectivity index (χ3v) is 12.7. The van der Waals surface area contributed by atoms with Gasteiger partial charge in [-0.2, -0.15) is 0 Å². The van der Waals surface area contributed by atoms with Gasteiger partial charge in [0.05, 0.1) is 40.8 Å². The quantitative estimate of drug-likeness (QED) is 0.0211. The molecule has 9 heteroatoms. The van der Waals surface area contributed by atoms with E-state index in [0.717, 1.165) is 51.4 Å². The van der Waals surface area contributed by atoms with Crippen LogP contribution in [0.1, 0.15) is 245 Å². The molecule has 1 N–H and O–H groups in total. The second kappa shape index (κ2) is 54.7. The predicted molar refractivity (Wildman–Crippen MR) is 309 cm³/mol. The number of nitrogens with zero attached hydrogens (tertiary/aromatic N) is 1. The molecule has 0 radical (unpaired) electrons. The standard InChI is InChI=1S/C64H111NO8/c1-6-8-10-12-14-16-18-20-22-23-24-25-26-27-28-29-30-31-32-33-34-35-36-37-38-39-41-42-44-46-48-50-52-54-61(66)71-58-60(59-72-64(63(68)69)70-57-56-65(3,4)5)73-62(67)55-53-51-49-47-45-43-40-21-19-17-15-13-11-9-7-2/h9,11,15,17-18,20-21,23-24,40,45,47,51,53,60,64H,6-8,10,12-14,16,19,22,25-39,41-44,46,48-50,52,54-59H2,1-5H3/p+1/b11-9-,17-15-,20-18-,24-23-,40-21-,47-45-,53-51-. The number of esters is 2. The highest BCUT2D eigenvalue weighted by Gasteiger charge is 2.25. The first-order valence-electron chi connectivity index (χ1n) is 29.8. The molecule has 0 aromatic carbocycles. The van der Waals surface area contributed by atoms with Crippen LogP contribution in [0, 0.1) is 0 Å². The smallest absolute Gasteiger partial charge is 0.361 e. The van der Waals surface area contributed by atoms with Gasteiger partial charge in [0.25, 0.3) is 6.29 Å². The van der Waals surface area contributed by atoms with Crippen LogP contribution in [0.4, 0.5) is 0 Å². The molecular weight excluding hydrogens is 911 g/mol. The second-order valence-electron chi connectivity index (χ2n) is 20.9. The van der Waals surface area contributed by atoms with Gasteiger partial charge >= 0.3 is 17.9 Å². The van der Waals surface area contributed by atoms with Gasteiger partial charge in [0.2, 0.25) is 0 Å². The van der Waals surface area contributed by atoms with E-state index in [0.29, 0.717) is 17.4 Å². The second-order valence-corrected chi connectivity index (χ2v) is 20.9. The Morgan fingerprint density at radius 2 is 0.822 bits per heavy atom. The Labute approximate surface area is 449 Å². The van der Waals surface area contributed by atoms with Crippen LogP contribution < -0.4 is 0 Å². The first-order chi connectivity index (χ1) is 35.6. The van der Waals surface area contributed by atoms with Crippen molar-refractivity contribution in [2.24, 2.45) is 0 Å². The van der Waals surface area contributed by atoms with E-state index in [1.54, 1.807) is 6.08 Å². The van der Waals surface area contributed by atoms with E-state index in [9.17, 15) is 19.5 Å². The number of hydrogen-bond donors (Lipinski definition) is 1. The SMILES string of the molecule is CC/C=C\C/C=C\C/C=C\C/C=C\C/C=C\CC(=O)OC(COC(=O)CCCCCCCCCCCCCCCCCCCCCCC/C=C\C/C=C\CCCCCCC)COC(OCC[N+](C)(C)C)C(=O)O. The van der Waals surface area contributed by atoms with Crippen molar-refractivity contribution in [3.8, 4) is 0 Å². The molecule has 2 unspecified atom stereocenters. The molecule has 9 nitrogen and oxygen atoms in total. The Bertz CT molecular complexity index is 1470. The first kappa shape index (κ1) is 69.5. The minimum absolute atomic E-state index is 0.0260. The van der Waals surface area contributed by atoms with Crippen molar-refractivity contribution in [3.05, 3.63) is 85.1 Å². The van der Waals surface area contributed by atoms with Gasteiger partial charge in [0, 0.05) is 6.42 Å². The average molecular weight is 1020 g/mol. The maximum Gasteiger partial charge on any atom is 0.361 e. The van der Waals surface area contributed by atoms with Crippen LogP contribution in [-0.2, 0) is 33.3 Å². The van der Waals surface area contributed by atoms with E-state index in [2.05, 4.69) is 80.7 Å². The lowest BCUT2D eigenvalue weighted by molar-refractivity contribution is -0.870. The Morgan fingerprint density at radius 1 is 0.438 bits per heavy atom. The number of carboxylic acid groups (broad SMARTS) is 1. The van der Waals surface area contributed by atoms with Gasteiger partial charge in [-0.1, -0.05) is 247 Å². The highest BCUT2D eigenvalue weighted by atomic mass is 16.7. The van der Waals surface area contributed by atoms with Crippen LogP contribution in [0.5, 0.6) is 0 Å². The molecule has 0 amide bonds. The van der Waals surface area contributed by atoms with Crippen LogP contribution in [0.25, 0.3) is 0 Å². The molecule has 73 heavy (non-hydrogen) atoms. The van der Waals surface area contributed by atoms with Gasteiger partial charge in [-0.15, -0.1) is 0 Å². The summed E-state index contributed by atoms with van der Waals surface area (Å²) in [6.07, 6.45) is 70.1. The van der Waals surface area contributed by atoms with Crippen LogP contribution in [-0.4, -0.2) is 87.4 Å². The van der Waals surface area contributed by atoms with Gasteiger partial charge in [0.15, 0.2) is 6.10 Å². The van der Waals surface area contributed by atoms with Crippen LogP contribution >= 0.6 is 0 Å². The third-order valence-electron chi connectivity index (χ3n) is 12.7. The number of likely N-dealkylation sites (N-methyl/N-ethyl adjacent to an activating group) is 1. The number of hydrogen-bond acceptors (Lipinski definition) is 7. The highest BCUT2D eigenvalue weighted by Crippen LogP contribution is 2.16. The Balaban J connectivity index is 4.12. The zero-order chi connectivity index (χ0) is 53.4. The Kier molecular flexibility index (Phi) is 52.1. The number of ether oxygens (including phenoxy) is 4. The zero-order valence-electron chi connectivity index (χ0n) is 47.8. The first-order valence-corrected chi connectivity index (χ1v) is 29.8. The number of carboxylic acids is 1. The molecule has 420 valence electrons. The molecule has 0 aromatic heterocycles. The van der Waals surface area contributed by atoms with Gasteiger partial charge in [-0.25, -0.2) is 4.79 Å². The maximum absolute atomic E-state index is 12.8. The minimum atomic E-state index is -1.54. The summed E-state index contributed by atoms with van der Waals surface area (Å²) in [6.45, 7) is 4.64. The molecule has 0 spiro atoms. The van der Waals surface area contributed by atoms with Crippen molar-refractivity contribution < 1.29 is 42.9 Å². The van der Waals surface area contributed by atoms with E-state index >= 15 is 0 Å². The number of quaternary nitrogens is 1. The lowest BCUT2D eigenvalue weighted by Gasteiger charge is -2.25. The van der Waals surface area contributed by atoms with Crippen LogP contribution in [0.15, 0.2) is 85.1 Å². The molecule has 0 aliphatic heterocycles. The van der Waals surface area contributed by atoms with Crippen molar-refractivity contribution in [2.75, 3.05) is 47.5 Å². The highest BCUT2D eigenvalue weighted by molar-refractivity contribution is 5.72. The average Bonchev–Trinajstić information content (AvgIpc) is 3.36. The molecule has 0 rings (SSSR count). The Hall–Kier alpha value is -3.53. The van der Waals surface area contributed by atoms with E-state index in [-0.39, 0.29) is 38.6 Å². The molecule has 0 aliphatic rings. The zero-order valence-corrected chi connectivity index (χ0v) is 47.8. The molecule has 0 saturated heterocycles. The minimum Gasteiger partial charge on any atom is -0.477 e. The summed E-state index contributed by atoms with van der Waals surface area (Å²) < 4.78 is 22.7. The van der Waals surface area contributed by atoms with E-state index in [1.165, 1.54) is 161 Å². The number of unbranched alkanes of at least 4 members (excludes halogenated alkanes) is 26. The summed E-state index contributed by atoms with van der Waals surface area (Å²) in [5.41, 5.74) is 0. The van der Waals surface area contributed by atoms with Crippen molar-refractivity contribution in [2.45, 2.75) is 257 Å². The largest absolute Gasteiger partial charge is 0.477 e. The molecule has 0 bridgehead atoms. The van der Waals surface area contributed by atoms with Gasteiger partial charge in [-0.05, 0) is 70.6 Å². The predicted octanol–water partition coefficient (Wildman–Crippen LogP) is 17.6. The molecule has 0 aliphatic carbocycles. The molecule has 0 aromatic rings. The number of rotatable bonds is 54. The lowest BCUT2D eigenvalue weighted by atomic mass is 10.0. The van der Waals surface area contributed by atoms with E-state index in [4.69, 9.17) is 18.9 Å².